The summed E-state index contributed by atoms with van der Waals surface area (Å²) < 4.78 is 6.61. The highest BCUT2D eigenvalue weighted by atomic mass is 35.5. The maximum absolute atomic E-state index is 13.0. The maximum atomic E-state index is 13.0. The molecule has 2 aromatic carbocycles. The van der Waals surface area contributed by atoms with Crippen LogP contribution in [0.5, 0.6) is 5.75 Å². The molecule has 2 fully saturated rings. The minimum atomic E-state index is -0.164. The van der Waals surface area contributed by atoms with E-state index >= 15 is 0 Å². The predicted octanol–water partition coefficient (Wildman–Crippen LogP) is 8.37. The van der Waals surface area contributed by atoms with Crippen molar-refractivity contribution in [2.24, 2.45) is 0 Å². The first-order valence-electron chi connectivity index (χ1n) is 13.6. The predicted molar refractivity (Wildman–Crippen MR) is 173 cm³/mol. The number of thioether (sulfide) groups is 1. The molecule has 5 rings (SSSR count). The third kappa shape index (κ3) is 8.11. The Morgan fingerprint density at radius 1 is 1.15 bits per heavy atom. The number of aromatic nitrogens is 1. The van der Waals surface area contributed by atoms with E-state index in [1.807, 2.05) is 42.5 Å². The van der Waals surface area contributed by atoms with Gasteiger partial charge in [0.1, 0.15) is 10.1 Å². The van der Waals surface area contributed by atoms with Gasteiger partial charge in [-0.25, -0.2) is 4.98 Å². The summed E-state index contributed by atoms with van der Waals surface area (Å²) >= 11 is 20.5. The van der Waals surface area contributed by atoms with Gasteiger partial charge in [-0.2, -0.15) is 0 Å². The smallest absolute Gasteiger partial charge is 0.266 e. The molecule has 1 aromatic heterocycles. The summed E-state index contributed by atoms with van der Waals surface area (Å²) in [7, 11) is 0. The minimum Gasteiger partial charge on any atom is -0.490 e. The molecule has 2 heterocycles. The van der Waals surface area contributed by atoms with Gasteiger partial charge in [0.15, 0.2) is 5.13 Å². The van der Waals surface area contributed by atoms with Crippen LogP contribution in [0.15, 0.2) is 53.6 Å². The Bertz CT molecular complexity index is 1450. The quantitative estimate of drug-likeness (QED) is 0.176. The van der Waals surface area contributed by atoms with E-state index < -0.39 is 0 Å². The number of amides is 2. The molecule has 2 amide bonds. The van der Waals surface area contributed by atoms with Crippen molar-refractivity contribution in [2.75, 3.05) is 11.9 Å². The third-order valence-corrected chi connectivity index (χ3v) is 10.0. The molecule has 2 aliphatic rings. The molecular weight excluding hydrogens is 617 g/mol. The van der Waals surface area contributed by atoms with Crippen molar-refractivity contribution in [1.82, 2.24) is 9.88 Å². The van der Waals surface area contributed by atoms with Gasteiger partial charge in [-0.05, 0) is 67.5 Å². The fourth-order valence-corrected chi connectivity index (χ4v) is 7.31. The zero-order chi connectivity index (χ0) is 28.8. The first-order chi connectivity index (χ1) is 19.9. The number of hydrogen-bond donors (Lipinski definition) is 1. The van der Waals surface area contributed by atoms with E-state index in [1.54, 1.807) is 17.2 Å². The van der Waals surface area contributed by atoms with Gasteiger partial charge < -0.3 is 10.1 Å². The van der Waals surface area contributed by atoms with Crippen molar-refractivity contribution >= 4 is 85.9 Å². The number of thiazole rings is 1. The minimum absolute atomic E-state index is 0.132. The first kappa shape index (κ1) is 30.0. The lowest BCUT2D eigenvalue weighted by molar-refractivity contribution is -0.122. The number of nitrogens with one attached hydrogen (secondary N) is 1. The monoisotopic (exact) mass is 645 g/mol. The van der Waals surface area contributed by atoms with E-state index in [-0.39, 0.29) is 18.2 Å². The lowest BCUT2D eigenvalue weighted by atomic mass is 9.98. The number of hydrogen-bond acceptors (Lipinski definition) is 7. The third-order valence-electron chi connectivity index (χ3n) is 6.89. The summed E-state index contributed by atoms with van der Waals surface area (Å²) in [6.07, 6.45) is 11.1. The molecule has 0 bridgehead atoms. The van der Waals surface area contributed by atoms with Crippen LogP contribution >= 0.6 is 58.5 Å². The SMILES string of the molecule is O=C(CCCN1C(=O)/C(=C/c2ccc(OC3CCCCC3)cc2)SC1=S)Nc1ncc(Cc2cccc(Cl)c2Cl)s1. The molecule has 0 unspecified atom stereocenters. The highest BCUT2D eigenvalue weighted by Gasteiger charge is 2.31. The van der Waals surface area contributed by atoms with Crippen LogP contribution in [0, 0.1) is 0 Å². The van der Waals surface area contributed by atoms with E-state index in [0.717, 1.165) is 34.6 Å². The van der Waals surface area contributed by atoms with Gasteiger partial charge in [0.2, 0.25) is 5.91 Å². The number of anilines is 1. The first-order valence-corrected chi connectivity index (χ1v) is 16.3. The second-order valence-corrected chi connectivity index (χ2v) is 13.5. The zero-order valence-electron chi connectivity index (χ0n) is 22.2. The molecule has 0 radical (unpaired) electrons. The van der Waals surface area contributed by atoms with Gasteiger partial charge in [0, 0.05) is 30.5 Å². The number of rotatable bonds is 10. The van der Waals surface area contributed by atoms with Crippen molar-refractivity contribution in [3.8, 4) is 5.75 Å². The van der Waals surface area contributed by atoms with Gasteiger partial charge in [-0.3, -0.25) is 14.5 Å². The Labute approximate surface area is 263 Å². The van der Waals surface area contributed by atoms with Crippen LogP contribution in [0.2, 0.25) is 10.0 Å². The highest BCUT2D eigenvalue weighted by Crippen LogP contribution is 2.34. The van der Waals surface area contributed by atoms with Gasteiger partial charge in [0.25, 0.3) is 5.91 Å². The second-order valence-electron chi connectivity index (χ2n) is 9.95. The molecule has 1 aliphatic carbocycles. The Morgan fingerprint density at radius 3 is 2.71 bits per heavy atom. The average Bonchev–Trinajstić information content (AvgIpc) is 3.51. The largest absolute Gasteiger partial charge is 0.490 e. The normalized spacial score (nSPS) is 16.9. The van der Waals surface area contributed by atoms with Crippen molar-refractivity contribution in [2.45, 2.75) is 57.5 Å². The molecule has 1 saturated heterocycles. The Balaban J connectivity index is 1.08. The summed E-state index contributed by atoms with van der Waals surface area (Å²) in [4.78, 5) is 32.9. The fraction of sp³-hybridized carbons (Fsp3) is 0.333. The van der Waals surface area contributed by atoms with Crippen LogP contribution in [0.1, 0.15) is 60.9 Å². The van der Waals surface area contributed by atoms with Gasteiger partial charge in [-0.1, -0.05) is 77.9 Å². The zero-order valence-corrected chi connectivity index (χ0v) is 26.2. The molecule has 1 N–H and O–H groups in total. The van der Waals surface area contributed by atoms with Crippen LogP contribution in [0.25, 0.3) is 6.08 Å². The topological polar surface area (TPSA) is 71.5 Å². The Morgan fingerprint density at radius 2 is 1.93 bits per heavy atom. The second kappa shape index (κ2) is 14.2. The molecule has 1 aliphatic heterocycles. The van der Waals surface area contributed by atoms with Crippen molar-refractivity contribution in [3.63, 3.8) is 0 Å². The number of thiocarbonyl (C=S) groups is 1. The van der Waals surface area contributed by atoms with E-state index in [1.165, 1.54) is 42.4 Å². The van der Waals surface area contributed by atoms with E-state index in [9.17, 15) is 9.59 Å². The summed E-state index contributed by atoms with van der Waals surface area (Å²) in [6, 6.07) is 13.3. The molecule has 3 aromatic rings. The lowest BCUT2D eigenvalue weighted by Gasteiger charge is -2.22. The van der Waals surface area contributed by atoms with Crippen molar-refractivity contribution < 1.29 is 14.3 Å². The van der Waals surface area contributed by atoms with E-state index in [4.69, 9.17) is 40.2 Å². The van der Waals surface area contributed by atoms with Crippen molar-refractivity contribution in [1.29, 1.82) is 0 Å². The van der Waals surface area contributed by atoms with Gasteiger partial charge >= 0.3 is 0 Å². The highest BCUT2D eigenvalue weighted by molar-refractivity contribution is 8.26. The molecule has 41 heavy (non-hydrogen) atoms. The summed E-state index contributed by atoms with van der Waals surface area (Å²) in [5.41, 5.74) is 1.82. The van der Waals surface area contributed by atoms with Gasteiger partial charge in [0.05, 0.1) is 21.1 Å². The Kier molecular flexibility index (Phi) is 10.4. The molecule has 0 spiro atoms. The van der Waals surface area contributed by atoms with Crippen molar-refractivity contribution in [3.05, 3.63) is 79.6 Å². The van der Waals surface area contributed by atoms with Crippen LogP contribution < -0.4 is 10.1 Å². The molecular formula is C30H29Cl2N3O3S3. The molecule has 11 heteroatoms. The van der Waals surface area contributed by atoms with Crippen LogP contribution in [-0.2, 0) is 16.0 Å². The summed E-state index contributed by atoms with van der Waals surface area (Å²) in [6.45, 7) is 0.375. The number of halogens is 2. The number of ether oxygens (including phenoxy) is 1. The molecule has 1 saturated carbocycles. The molecule has 6 nitrogen and oxygen atoms in total. The maximum Gasteiger partial charge on any atom is 0.266 e. The summed E-state index contributed by atoms with van der Waals surface area (Å²) in [5.74, 6) is 0.565. The fourth-order valence-electron chi connectivity index (χ4n) is 4.76. The standard InChI is InChI=1S/C30H29Cl2N3O3S3/c31-24-9-4-6-20(27(24)32)17-23-18-33-29(40-23)34-26(36)10-5-15-35-28(37)25(41-30(35)39)16-19-11-13-22(14-12-19)38-21-7-2-1-3-8-21/h4,6,9,11-14,16,18,21H,1-3,5,7-8,10,15,17H2,(H,33,34,36)/b25-16-. The molecule has 0 atom stereocenters. The molecule has 214 valence electrons. The van der Waals surface area contributed by atoms with Crippen LogP contribution in [0.4, 0.5) is 5.13 Å². The Hall–Kier alpha value is -2.43. The lowest BCUT2D eigenvalue weighted by Crippen LogP contribution is -2.29. The van der Waals surface area contributed by atoms with E-state index in [2.05, 4.69) is 10.3 Å². The van der Waals surface area contributed by atoms with Crippen LogP contribution in [0.3, 0.4) is 0 Å². The van der Waals surface area contributed by atoms with Crippen LogP contribution in [-0.4, -0.2) is 38.7 Å². The number of carbonyl (C=O) groups is 2. The van der Waals surface area contributed by atoms with E-state index in [0.29, 0.717) is 49.9 Å². The number of nitrogens with zero attached hydrogens (tertiary/aromatic N) is 2. The van der Waals surface area contributed by atoms with Gasteiger partial charge in [-0.15, -0.1) is 11.3 Å². The summed E-state index contributed by atoms with van der Waals surface area (Å²) in [5, 5.41) is 4.39. The average molecular weight is 647 g/mol. The number of carbonyl (C=O) groups excluding carboxylic acids is 2. The number of benzene rings is 2.